The molecular formula is C14H19F3N2. The maximum absolute atomic E-state index is 12.7. The van der Waals surface area contributed by atoms with Gasteiger partial charge in [-0.05, 0) is 49.9 Å². The number of piperidine rings is 1. The molecule has 1 fully saturated rings. The van der Waals surface area contributed by atoms with Crippen LogP contribution in [-0.4, -0.2) is 12.6 Å². The summed E-state index contributed by atoms with van der Waals surface area (Å²) in [6, 6.07) is 4.25. The number of halogens is 3. The smallest absolute Gasteiger partial charge is 0.369 e. The third kappa shape index (κ3) is 3.03. The molecule has 19 heavy (non-hydrogen) atoms. The van der Waals surface area contributed by atoms with Gasteiger partial charge in [-0.3, -0.25) is 0 Å². The van der Waals surface area contributed by atoms with Crippen molar-refractivity contribution in [1.82, 2.24) is 0 Å². The molecule has 0 aliphatic carbocycles. The highest BCUT2D eigenvalue weighted by molar-refractivity contribution is 5.56. The van der Waals surface area contributed by atoms with E-state index in [9.17, 15) is 13.2 Å². The third-order valence-electron chi connectivity index (χ3n) is 3.74. The number of rotatable bonds is 2. The highest BCUT2D eigenvalue weighted by Crippen LogP contribution is 2.34. The number of nitrogens with zero attached hydrogens (tertiary/aromatic N) is 1. The first-order chi connectivity index (χ1) is 8.93. The minimum absolute atomic E-state index is 0.127. The van der Waals surface area contributed by atoms with Crippen molar-refractivity contribution in [2.75, 3.05) is 11.4 Å². The minimum atomic E-state index is -4.31. The fourth-order valence-electron chi connectivity index (χ4n) is 2.66. The average molecular weight is 272 g/mol. The fraction of sp³-hybridized carbons (Fsp3) is 0.571. The van der Waals surface area contributed by atoms with Crippen molar-refractivity contribution in [3.8, 4) is 0 Å². The summed E-state index contributed by atoms with van der Waals surface area (Å²) in [6.07, 6.45) is -0.980. The quantitative estimate of drug-likeness (QED) is 0.892. The Morgan fingerprint density at radius 3 is 2.63 bits per heavy atom. The number of anilines is 1. The van der Waals surface area contributed by atoms with Gasteiger partial charge in [0.15, 0.2) is 0 Å². The van der Waals surface area contributed by atoms with E-state index in [0.717, 1.165) is 31.1 Å². The van der Waals surface area contributed by atoms with Gasteiger partial charge in [0, 0.05) is 24.8 Å². The van der Waals surface area contributed by atoms with Crippen LogP contribution in [-0.2, 0) is 12.7 Å². The van der Waals surface area contributed by atoms with E-state index >= 15 is 0 Å². The normalized spacial score (nSPS) is 20.7. The number of alkyl halides is 3. The maximum Gasteiger partial charge on any atom is 0.416 e. The van der Waals surface area contributed by atoms with Crippen LogP contribution in [0, 0.1) is 0 Å². The minimum Gasteiger partial charge on any atom is -0.369 e. The topological polar surface area (TPSA) is 29.3 Å². The standard InChI is InChI=1S/C14H19F3N2/c1-10-4-2-3-7-19(10)13-6-5-12(14(15,16)17)8-11(13)9-18/h5-6,8,10H,2-4,7,9,18H2,1H3. The highest BCUT2D eigenvalue weighted by atomic mass is 19.4. The summed E-state index contributed by atoms with van der Waals surface area (Å²) in [6.45, 7) is 3.12. The van der Waals surface area contributed by atoms with Gasteiger partial charge in [-0.1, -0.05) is 0 Å². The van der Waals surface area contributed by atoms with Gasteiger partial charge >= 0.3 is 6.18 Å². The van der Waals surface area contributed by atoms with Crippen molar-refractivity contribution in [2.45, 2.75) is 44.9 Å². The number of benzene rings is 1. The molecule has 1 atom stereocenters. The van der Waals surface area contributed by atoms with Crippen LogP contribution in [0.1, 0.15) is 37.3 Å². The van der Waals surface area contributed by atoms with Crippen LogP contribution < -0.4 is 10.6 Å². The second-order valence-corrected chi connectivity index (χ2v) is 5.08. The Kier molecular flexibility index (Phi) is 4.04. The van der Waals surface area contributed by atoms with Crippen molar-refractivity contribution < 1.29 is 13.2 Å². The van der Waals surface area contributed by atoms with Crippen molar-refractivity contribution in [3.05, 3.63) is 29.3 Å². The van der Waals surface area contributed by atoms with Gasteiger partial charge < -0.3 is 10.6 Å². The molecule has 1 aliphatic rings. The number of hydrogen-bond acceptors (Lipinski definition) is 2. The molecule has 0 bridgehead atoms. The second kappa shape index (κ2) is 5.41. The van der Waals surface area contributed by atoms with Gasteiger partial charge in [-0.25, -0.2) is 0 Å². The van der Waals surface area contributed by atoms with Crippen molar-refractivity contribution in [3.63, 3.8) is 0 Å². The summed E-state index contributed by atoms with van der Waals surface area (Å²) in [5, 5.41) is 0. The van der Waals surface area contributed by atoms with Crippen LogP contribution in [0.3, 0.4) is 0 Å². The molecule has 0 amide bonds. The first kappa shape index (κ1) is 14.2. The van der Waals surface area contributed by atoms with E-state index in [1.807, 2.05) is 0 Å². The highest BCUT2D eigenvalue weighted by Gasteiger charge is 2.31. The summed E-state index contributed by atoms with van der Waals surface area (Å²) >= 11 is 0. The van der Waals surface area contributed by atoms with Crippen LogP contribution in [0.5, 0.6) is 0 Å². The summed E-state index contributed by atoms with van der Waals surface area (Å²) in [7, 11) is 0. The van der Waals surface area contributed by atoms with Crippen LogP contribution >= 0.6 is 0 Å². The van der Waals surface area contributed by atoms with Crippen LogP contribution in [0.15, 0.2) is 18.2 Å². The Morgan fingerprint density at radius 1 is 1.32 bits per heavy atom. The third-order valence-corrected chi connectivity index (χ3v) is 3.74. The SMILES string of the molecule is CC1CCCCN1c1ccc(C(F)(F)F)cc1CN. The molecular weight excluding hydrogens is 253 g/mol. The zero-order chi connectivity index (χ0) is 14.0. The largest absolute Gasteiger partial charge is 0.416 e. The molecule has 0 spiro atoms. The van der Waals surface area contributed by atoms with E-state index in [4.69, 9.17) is 5.73 Å². The Balaban J connectivity index is 2.35. The summed E-state index contributed by atoms with van der Waals surface area (Å²) in [4.78, 5) is 2.17. The predicted molar refractivity (Wildman–Crippen MR) is 70.0 cm³/mol. The molecule has 106 valence electrons. The molecule has 1 aliphatic heterocycles. The van der Waals surface area contributed by atoms with Crippen molar-refractivity contribution in [1.29, 1.82) is 0 Å². The zero-order valence-corrected chi connectivity index (χ0v) is 11.0. The molecule has 0 saturated carbocycles. The molecule has 0 radical (unpaired) electrons. The van der Waals surface area contributed by atoms with E-state index < -0.39 is 11.7 Å². The lowest BCUT2D eigenvalue weighted by Crippen LogP contribution is -2.38. The van der Waals surface area contributed by atoms with E-state index in [1.165, 1.54) is 12.5 Å². The Morgan fingerprint density at radius 2 is 2.05 bits per heavy atom. The summed E-state index contributed by atoms with van der Waals surface area (Å²) in [5.74, 6) is 0. The monoisotopic (exact) mass is 272 g/mol. The van der Waals surface area contributed by atoms with Gasteiger partial charge in [0.1, 0.15) is 0 Å². The zero-order valence-electron chi connectivity index (χ0n) is 11.0. The Labute approximate surface area is 111 Å². The van der Waals surface area contributed by atoms with Gasteiger partial charge in [0.2, 0.25) is 0 Å². The molecule has 2 N–H and O–H groups in total. The second-order valence-electron chi connectivity index (χ2n) is 5.08. The summed E-state index contributed by atoms with van der Waals surface area (Å²) in [5.41, 5.74) is 6.42. The van der Waals surface area contributed by atoms with Crippen LogP contribution in [0.4, 0.5) is 18.9 Å². The van der Waals surface area contributed by atoms with Gasteiger partial charge in [0.05, 0.1) is 5.56 Å². The van der Waals surface area contributed by atoms with Gasteiger partial charge in [0.25, 0.3) is 0 Å². The predicted octanol–water partition coefficient (Wildman–Crippen LogP) is 3.54. The van der Waals surface area contributed by atoms with E-state index in [2.05, 4.69) is 11.8 Å². The van der Waals surface area contributed by atoms with E-state index in [-0.39, 0.29) is 6.54 Å². The van der Waals surface area contributed by atoms with Gasteiger partial charge in [-0.15, -0.1) is 0 Å². The number of hydrogen-bond donors (Lipinski definition) is 1. The molecule has 0 aromatic heterocycles. The van der Waals surface area contributed by atoms with Crippen LogP contribution in [0.2, 0.25) is 0 Å². The molecule has 1 heterocycles. The van der Waals surface area contributed by atoms with E-state index in [0.29, 0.717) is 11.6 Å². The molecule has 1 saturated heterocycles. The Hall–Kier alpha value is -1.23. The van der Waals surface area contributed by atoms with Gasteiger partial charge in [-0.2, -0.15) is 13.2 Å². The summed E-state index contributed by atoms with van der Waals surface area (Å²) < 4.78 is 38.1. The van der Waals surface area contributed by atoms with Crippen molar-refractivity contribution >= 4 is 5.69 Å². The molecule has 2 nitrogen and oxygen atoms in total. The molecule has 5 heteroatoms. The molecule has 2 rings (SSSR count). The lowest BCUT2D eigenvalue weighted by molar-refractivity contribution is -0.137. The first-order valence-electron chi connectivity index (χ1n) is 6.60. The van der Waals surface area contributed by atoms with E-state index in [1.54, 1.807) is 6.07 Å². The molecule has 1 aromatic rings. The lowest BCUT2D eigenvalue weighted by Gasteiger charge is -2.36. The maximum atomic E-state index is 12.7. The molecule has 1 unspecified atom stereocenters. The Bertz CT molecular complexity index is 443. The average Bonchev–Trinajstić information content (AvgIpc) is 2.37. The van der Waals surface area contributed by atoms with Crippen molar-refractivity contribution in [2.24, 2.45) is 5.73 Å². The van der Waals surface area contributed by atoms with Crippen LogP contribution in [0.25, 0.3) is 0 Å². The number of nitrogens with two attached hydrogens (primary N) is 1. The first-order valence-corrected chi connectivity index (χ1v) is 6.60. The fourth-order valence-corrected chi connectivity index (χ4v) is 2.66. The molecule has 1 aromatic carbocycles. The lowest BCUT2D eigenvalue weighted by atomic mass is 10.00.